The lowest BCUT2D eigenvalue weighted by Crippen LogP contribution is -2.51. The SMILES string of the molecule is C[C@@H]1CN([C@H](C)CO)C(=O)c2cc(C#CC3CCCC3)cnc2O[C@H]1CN(C)C(=O)C1CCC1. The molecule has 0 unspecified atom stereocenters. The number of aliphatic hydroxyl groups is 1. The highest BCUT2D eigenvalue weighted by Crippen LogP contribution is 2.30. The van der Waals surface area contributed by atoms with Crippen molar-refractivity contribution in [3.8, 4) is 17.7 Å². The molecule has 1 N–H and O–H groups in total. The fourth-order valence-electron chi connectivity index (χ4n) is 4.97. The quantitative estimate of drug-likeness (QED) is 0.673. The van der Waals surface area contributed by atoms with Crippen LogP contribution in [0.3, 0.4) is 0 Å². The maximum absolute atomic E-state index is 13.5. The Labute approximate surface area is 202 Å². The lowest BCUT2D eigenvalue weighted by atomic mass is 9.84. The lowest BCUT2D eigenvalue weighted by Gasteiger charge is -2.38. The second kappa shape index (κ2) is 10.8. The van der Waals surface area contributed by atoms with Crippen LogP contribution in [0.2, 0.25) is 0 Å². The van der Waals surface area contributed by atoms with Crippen molar-refractivity contribution >= 4 is 11.8 Å². The number of nitrogens with zero attached hydrogens (tertiary/aromatic N) is 3. The molecule has 3 aliphatic rings. The Morgan fingerprint density at radius 1 is 1.29 bits per heavy atom. The van der Waals surface area contributed by atoms with Crippen molar-refractivity contribution in [1.82, 2.24) is 14.8 Å². The molecule has 7 nitrogen and oxygen atoms in total. The van der Waals surface area contributed by atoms with Gasteiger partial charge in [-0.05, 0) is 38.7 Å². The summed E-state index contributed by atoms with van der Waals surface area (Å²) in [7, 11) is 1.82. The van der Waals surface area contributed by atoms with Gasteiger partial charge in [-0.3, -0.25) is 9.59 Å². The number of fused-ring (bicyclic) bond motifs is 1. The van der Waals surface area contributed by atoms with E-state index in [2.05, 4.69) is 16.8 Å². The van der Waals surface area contributed by atoms with Gasteiger partial charge >= 0.3 is 0 Å². The Balaban J connectivity index is 1.61. The molecule has 184 valence electrons. The van der Waals surface area contributed by atoms with Gasteiger partial charge in [0.15, 0.2) is 0 Å². The van der Waals surface area contributed by atoms with E-state index in [1.807, 2.05) is 20.9 Å². The topological polar surface area (TPSA) is 83.0 Å². The number of pyridine rings is 1. The number of hydrogen-bond acceptors (Lipinski definition) is 5. The highest BCUT2D eigenvalue weighted by molar-refractivity contribution is 5.97. The molecule has 0 aromatic carbocycles. The van der Waals surface area contributed by atoms with Crippen LogP contribution in [0.1, 0.15) is 74.7 Å². The number of hydrogen-bond donors (Lipinski definition) is 1. The van der Waals surface area contributed by atoms with Crippen molar-refractivity contribution in [1.29, 1.82) is 0 Å². The van der Waals surface area contributed by atoms with E-state index in [-0.39, 0.29) is 48.3 Å². The standard InChI is InChI=1S/C27H37N3O4/c1-18-15-30(19(2)17-31)27(33)23-13-21(12-11-20-7-4-5-8-20)14-28-25(23)34-24(18)16-29(3)26(32)22-9-6-10-22/h13-14,18-20,22,24,31H,4-10,15-17H2,1-3H3/t18-,19-,24+/m1/s1. The van der Waals surface area contributed by atoms with Gasteiger partial charge in [-0.1, -0.05) is 38.0 Å². The molecule has 0 saturated heterocycles. The predicted octanol–water partition coefficient (Wildman–Crippen LogP) is 3.10. The van der Waals surface area contributed by atoms with Crippen LogP contribution in [-0.4, -0.2) is 70.6 Å². The predicted molar refractivity (Wildman–Crippen MR) is 129 cm³/mol. The molecule has 0 radical (unpaired) electrons. The van der Waals surface area contributed by atoms with E-state index >= 15 is 0 Å². The van der Waals surface area contributed by atoms with Crippen LogP contribution < -0.4 is 4.74 Å². The summed E-state index contributed by atoms with van der Waals surface area (Å²) >= 11 is 0. The summed E-state index contributed by atoms with van der Waals surface area (Å²) in [6.07, 6.45) is 9.06. The number of amides is 2. The minimum Gasteiger partial charge on any atom is -0.472 e. The van der Waals surface area contributed by atoms with E-state index in [0.717, 1.165) is 32.1 Å². The molecular weight excluding hydrogens is 430 g/mol. The number of rotatable bonds is 5. The van der Waals surface area contributed by atoms with Crippen LogP contribution in [0, 0.1) is 29.6 Å². The average Bonchev–Trinajstić information content (AvgIpc) is 3.32. The monoisotopic (exact) mass is 467 g/mol. The van der Waals surface area contributed by atoms with Gasteiger partial charge in [-0.25, -0.2) is 4.98 Å². The molecule has 1 aromatic heterocycles. The first-order valence-electron chi connectivity index (χ1n) is 12.7. The molecule has 0 spiro atoms. The van der Waals surface area contributed by atoms with Crippen molar-refractivity contribution in [3.63, 3.8) is 0 Å². The number of carbonyl (C=O) groups excluding carboxylic acids is 2. The number of aromatic nitrogens is 1. The maximum Gasteiger partial charge on any atom is 0.259 e. The summed E-state index contributed by atoms with van der Waals surface area (Å²) in [5.74, 6) is 7.23. The molecule has 0 bridgehead atoms. The lowest BCUT2D eigenvalue weighted by molar-refractivity contribution is -0.138. The summed E-state index contributed by atoms with van der Waals surface area (Å²) in [6.45, 7) is 4.58. The fraction of sp³-hybridized carbons (Fsp3) is 0.667. The van der Waals surface area contributed by atoms with Crippen molar-refractivity contribution in [3.05, 3.63) is 23.4 Å². The van der Waals surface area contributed by atoms with Crippen LogP contribution in [0.5, 0.6) is 5.88 Å². The highest BCUT2D eigenvalue weighted by Gasteiger charge is 2.36. The van der Waals surface area contributed by atoms with Gasteiger partial charge in [-0.2, -0.15) is 0 Å². The summed E-state index contributed by atoms with van der Waals surface area (Å²) in [6, 6.07) is 1.42. The van der Waals surface area contributed by atoms with Crippen LogP contribution in [0.4, 0.5) is 0 Å². The minimum atomic E-state index is -0.343. The molecule has 2 aliphatic carbocycles. The Hall–Kier alpha value is -2.59. The van der Waals surface area contributed by atoms with Gasteiger partial charge in [0, 0.05) is 43.1 Å². The van der Waals surface area contributed by atoms with Crippen molar-refractivity contribution in [2.45, 2.75) is 70.9 Å². The molecule has 2 amide bonds. The summed E-state index contributed by atoms with van der Waals surface area (Å²) in [4.78, 5) is 34.2. The van der Waals surface area contributed by atoms with Crippen molar-refractivity contribution < 1.29 is 19.4 Å². The summed E-state index contributed by atoms with van der Waals surface area (Å²) in [5.41, 5.74) is 1.06. The first-order chi connectivity index (χ1) is 16.4. The van der Waals surface area contributed by atoms with Crippen LogP contribution in [0.25, 0.3) is 0 Å². The van der Waals surface area contributed by atoms with Gasteiger partial charge in [0.2, 0.25) is 11.8 Å². The second-order valence-corrected chi connectivity index (χ2v) is 10.3. The zero-order valence-corrected chi connectivity index (χ0v) is 20.6. The molecule has 2 heterocycles. The number of carbonyl (C=O) groups is 2. The van der Waals surface area contributed by atoms with Gasteiger partial charge in [-0.15, -0.1) is 0 Å². The molecule has 34 heavy (non-hydrogen) atoms. The molecule has 2 fully saturated rings. The molecule has 2 saturated carbocycles. The zero-order valence-electron chi connectivity index (χ0n) is 20.6. The highest BCUT2D eigenvalue weighted by atomic mass is 16.5. The Kier molecular flexibility index (Phi) is 7.77. The van der Waals surface area contributed by atoms with Crippen LogP contribution in [0.15, 0.2) is 12.3 Å². The maximum atomic E-state index is 13.5. The van der Waals surface area contributed by atoms with Gasteiger partial charge < -0.3 is 19.6 Å². The molecular formula is C27H37N3O4. The van der Waals surface area contributed by atoms with E-state index in [1.165, 1.54) is 12.8 Å². The van der Waals surface area contributed by atoms with E-state index in [0.29, 0.717) is 30.1 Å². The van der Waals surface area contributed by atoms with Gasteiger partial charge in [0.25, 0.3) is 5.91 Å². The van der Waals surface area contributed by atoms with Gasteiger partial charge in [0.05, 0.1) is 19.2 Å². The van der Waals surface area contributed by atoms with E-state index < -0.39 is 0 Å². The Morgan fingerprint density at radius 2 is 2.03 bits per heavy atom. The molecule has 7 heteroatoms. The third-order valence-corrected chi connectivity index (χ3v) is 7.58. The molecule has 1 aromatic rings. The van der Waals surface area contributed by atoms with E-state index in [9.17, 15) is 14.7 Å². The molecule has 3 atom stereocenters. The van der Waals surface area contributed by atoms with Gasteiger partial charge in [0.1, 0.15) is 11.7 Å². The second-order valence-electron chi connectivity index (χ2n) is 10.3. The van der Waals surface area contributed by atoms with Crippen LogP contribution >= 0.6 is 0 Å². The normalized spacial score (nSPS) is 24.1. The van der Waals surface area contributed by atoms with Crippen LogP contribution in [-0.2, 0) is 4.79 Å². The van der Waals surface area contributed by atoms with E-state index in [1.54, 1.807) is 22.1 Å². The summed E-state index contributed by atoms with van der Waals surface area (Å²) in [5, 5.41) is 9.82. The number of aliphatic hydroxyl groups excluding tert-OH is 1. The number of likely N-dealkylation sites (N-methyl/N-ethyl adjacent to an activating group) is 1. The molecule has 1 aliphatic heterocycles. The van der Waals surface area contributed by atoms with Crippen molar-refractivity contribution in [2.75, 3.05) is 26.7 Å². The third-order valence-electron chi connectivity index (χ3n) is 7.58. The zero-order chi connectivity index (χ0) is 24.2. The average molecular weight is 468 g/mol. The Morgan fingerprint density at radius 3 is 2.68 bits per heavy atom. The first kappa shape index (κ1) is 24.5. The summed E-state index contributed by atoms with van der Waals surface area (Å²) < 4.78 is 6.30. The number of ether oxygens (including phenoxy) is 1. The molecule has 4 rings (SSSR count). The van der Waals surface area contributed by atoms with E-state index in [4.69, 9.17) is 4.74 Å². The first-order valence-corrected chi connectivity index (χ1v) is 12.7. The largest absolute Gasteiger partial charge is 0.472 e. The fourth-order valence-corrected chi connectivity index (χ4v) is 4.97. The van der Waals surface area contributed by atoms with Crippen molar-refractivity contribution in [2.24, 2.45) is 17.8 Å². The Bertz CT molecular complexity index is 958. The third kappa shape index (κ3) is 5.38. The minimum absolute atomic E-state index is 0.0497. The smallest absolute Gasteiger partial charge is 0.259 e.